The first-order valence-corrected chi connectivity index (χ1v) is 12.6. The molecule has 8 nitrogen and oxygen atoms in total. The van der Waals surface area contributed by atoms with Gasteiger partial charge in [0.2, 0.25) is 27.6 Å². The van der Waals surface area contributed by atoms with Crippen molar-refractivity contribution in [1.29, 1.82) is 0 Å². The lowest BCUT2D eigenvalue weighted by Crippen LogP contribution is -2.42. The van der Waals surface area contributed by atoms with Gasteiger partial charge in [-0.15, -0.1) is 0 Å². The molecule has 1 aliphatic heterocycles. The fourth-order valence-corrected chi connectivity index (χ4v) is 5.33. The zero-order chi connectivity index (χ0) is 23.4. The molecule has 174 valence electrons. The predicted octanol–water partition coefficient (Wildman–Crippen LogP) is 3.67. The molecule has 1 amide bonds. The highest BCUT2D eigenvalue weighted by atomic mass is 35.5. The van der Waals surface area contributed by atoms with E-state index in [0.717, 1.165) is 5.56 Å². The first kappa shape index (κ1) is 23.4. The van der Waals surface area contributed by atoms with E-state index in [1.54, 1.807) is 36.4 Å². The van der Waals surface area contributed by atoms with Crippen molar-refractivity contribution in [2.45, 2.75) is 37.6 Å². The van der Waals surface area contributed by atoms with Gasteiger partial charge in [0, 0.05) is 42.6 Å². The molecule has 0 atom stereocenters. The number of benzene rings is 2. The van der Waals surface area contributed by atoms with Crippen LogP contribution in [0.3, 0.4) is 0 Å². The van der Waals surface area contributed by atoms with Crippen LogP contribution in [0.25, 0.3) is 11.4 Å². The lowest BCUT2D eigenvalue weighted by Gasteiger charge is -2.30. The van der Waals surface area contributed by atoms with E-state index in [0.29, 0.717) is 61.2 Å². The summed E-state index contributed by atoms with van der Waals surface area (Å²) in [6.45, 7) is 2.93. The summed E-state index contributed by atoms with van der Waals surface area (Å²) < 4.78 is 32.7. The third-order valence-corrected chi connectivity index (χ3v) is 7.89. The van der Waals surface area contributed by atoms with Gasteiger partial charge in [-0.3, -0.25) is 4.79 Å². The second-order valence-electron chi connectivity index (χ2n) is 7.91. The SMILES string of the molecule is CCc1nc(-c2ccc(S(=O)(=O)N3CCC(C(=O)NCc4ccc(Cl)cc4)CC3)cc2)no1. The van der Waals surface area contributed by atoms with Crippen LogP contribution in [0.15, 0.2) is 57.9 Å². The molecule has 2 heterocycles. The van der Waals surface area contributed by atoms with Gasteiger partial charge in [-0.2, -0.15) is 9.29 Å². The van der Waals surface area contributed by atoms with Gasteiger partial charge in [0.15, 0.2) is 0 Å². The standard InChI is InChI=1S/C23H25ClN4O4S/c1-2-21-26-22(27-32-21)17-5-9-20(10-6-17)33(30,31)28-13-11-18(12-14-28)23(29)25-15-16-3-7-19(24)8-4-16/h3-10,18H,2,11-15H2,1H3,(H,25,29). The maximum Gasteiger partial charge on any atom is 0.243 e. The molecule has 1 fully saturated rings. The minimum atomic E-state index is -3.64. The number of amides is 1. The van der Waals surface area contributed by atoms with Gasteiger partial charge in [-0.05, 0) is 54.8 Å². The average molecular weight is 489 g/mol. The number of hydrogen-bond acceptors (Lipinski definition) is 6. The number of halogens is 1. The van der Waals surface area contributed by atoms with Crippen molar-refractivity contribution in [3.05, 3.63) is 65.0 Å². The Labute approximate surface area is 198 Å². The minimum Gasteiger partial charge on any atom is -0.352 e. The number of sulfonamides is 1. The van der Waals surface area contributed by atoms with Crippen LogP contribution in [0.5, 0.6) is 0 Å². The molecule has 0 spiro atoms. The van der Waals surface area contributed by atoms with Gasteiger partial charge in [-0.1, -0.05) is 35.8 Å². The monoisotopic (exact) mass is 488 g/mol. The Kier molecular flexibility index (Phi) is 7.11. The summed E-state index contributed by atoms with van der Waals surface area (Å²) in [7, 11) is -3.64. The van der Waals surface area contributed by atoms with Gasteiger partial charge < -0.3 is 9.84 Å². The number of nitrogens with one attached hydrogen (secondary N) is 1. The maximum absolute atomic E-state index is 13.1. The van der Waals surface area contributed by atoms with Crippen molar-refractivity contribution in [3.8, 4) is 11.4 Å². The largest absolute Gasteiger partial charge is 0.352 e. The highest BCUT2D eigenvalue weighted by Gasteiger charge is 2.32. The topological polar surface area (TPSA) is 105 Å². The number of rotatable bonds is 7. The molecule has 0 saturated carbocycles. The number of hydrogen-bond donors (Lipinski definition) is 1. The summed E-state index contributed by atoms with van der Waals surface area (Å²) in [5.41, 5.74) is 1.65. The lowest BCUT2D eigenvalue weighted by atomic mass is 9.97. The van der Waals surface area contributed by atoms with Crippen LogP contribution < -0.4 is 5.32 Å². The molecule has 1 saturated heterocycles. The highest BCUT2D eigenvalue weighted by Crippen LogP contribution is 2.26. The number of aryl methyl sites for hydroxylation is 1. The van der Waals surface area contributed by atoms with Gasteiger partial charge in [0.05, 0.1) is 4.90 Å². The lowest BCUT2D eigenvalue weighted by molar-refractivity contribution is -0.126. The average Bonchev–Trinajstić information content (AvgIpc) is 3.33. The Morgan fingerprint density at radius 1 is 1.12 bits per heavy atom. The molecule has 1 aliphatic rings. The van der Waals surface area contributed by atoms with E-state index in [2.05, 4.69) is 15.5 Å². The van der Waals surface area contributed by atoms with Crippen LogP contribution in [-0.2, 0) is 27.8 Å². The smallest absolute Gasteiger partial charge is 0.243 e. The molecule has 1 N–H and O–H groups in total. The molecular formula is C23H25ClN4O4S. The second-order valence-corrected chi connectivity index (χ2v) is 10.3. The zero-order valence-electron chi connectivity index (χ0n) is 18.2. The third kappa shape index (κ3) is 5.43. The van der Waals surface area contributed by atoms with Crippen molar-refractivity contribution < 1.29 is 17.7 Å². The second kappa shape index (κ2) is 10.0. The van der Waals surface area contributed by atoms with Crippen LogP contribution >= 0.6 is 11.6 Å². The summed E-state index contributed by atoms with van der Waals surface area (Å²) in [6.07, 6.45) is 1.59. The molecule has 0 bridgehead atoms. The maximum atomic E-state index is 13.1. The van der Waals surface area contributed by atoms with Crippen LogP contribution in [0.1, 0.15) is 31.2 Å². The highest BCUT2D eigenvalue weighted by molar-refractivity contribution is 7.89. The minimum absolute atomic E-state index is 0.0575. The van der Waals surface area contributed by atoms with Crippen LogP contribution in [0.2, 0.25) is 5.02 Å². The number of aromatic nitrogens is 2. The van der Waals surface area contributed by atoms with Gasteiger partial charge in [-0.25, -0.2) is 8.42 Å². The number of piperidine rings is 1. The van der Waals surface area contributed by atoms with Gasteiger partial charge in [0.25, 0.3) is 0 Å². The van der Waals surface area contributed by atoms with E-state index in [-0.39, 0.29) is 16.7 Å². The fourth-order valence-electron chi connectivity index (χ4n) is 3.73. The normalized spacial score (nSPS) is 15.5. The molecule has 1 aromatic heterocycles. The zero-order valence-corrected chi connectivity index (χ0v) is 19.8. The van der Waals surface area contributed by atoms with Crippen molar-refractivity contribution in [2.75, 3.05) is 13.1 Å². The molecule has 3 aromatic rings. The van der Waals surface area contributed by atoms with Crippen molar-refractivity contribution >= 4 is 27.5 Å². The van der Waals surface area contributed by atoms with Crippen molar-refractivity contribution in [3.63, 3.8) is 0 Å². The summed E-state index contributed by atoms with van der Waals surface area (Å²) >= 11 is 5.88. The summed E-state index contributed by atoms with van der Waals surface area (Å²) in [4.78, 5) is 17.0. The first-order valence-electron chi connectivity index (χ1n) is 10.8. The predicted molar refractivity (Wildman–Crippen MR) is 124 cm³/mol. The fraction of sp³-hybridized carbons (Fsp3) is 0.348. The van der Waals surface area contributed by atoms with Crippen molar-refractivity contribution in [1.82, 2.24) is 19.8 Å². The van der Waals surface area contributed by atoms with E-state index in [1.165, 1.54) is 4.31 Å². The van der Waals surface area contributed by atoms with E-state index in [9.17, 15) is 13.2 Å². The number of carbonyl (C=O) groups excluding carboxylic acids is 1. The van der Waals surface area contributed by atoms with Crippen molar-refractivity contribution in [2.24, 2.45) is 5.92 Å². The Hall–Kier alpha value is -2.75. The molecule has 33 heavy (non-hydrogen) atoms. The summed E-state index contributed by atoms with van der Waals surface area (Å²) in [5.74, 6) is 0.693. The van der Waals surface area contributed by atoms with E-state index < -0.39 is 10.0 Å². The summed E-state index contributed by atoms with van der Waals surface area (Å²) in [6, 6.07) is 13.7. The van der Waals surface area contributed by atoms with E-state index in [1.807, 2.05) is 19.1 Å². The molecule has 0 aliphatic carbocycles. The molecule has 10 heteroatoms. The molecule has 0 unspecified atom stereocenters. The van der Waals surface area contributed by atoms with Crippen LogP contribution in [0.4, 0.5) is 0 Å². The quantitative estimate of drug-likeness (QED) is 0.544. The number of carbonyl (C=O) groups is 1. The van der Waals surface area contributed by atoms with E-state index in [4.69, 9.17) is 16.1 Å². The Balaban J connectivity index is 1.33. The number of nitrogens with zero attached hydrogens (tertiary/aromatic N) is 3. The molecular weight excluding hydrogens is 464 g/mol. The van der Waals surface area contributed by atoms with Gasteiger partial charge >= 0.3 is 0 Å². The Morgan fingerprint density at radius 3 is 2.39 bits per heavy atom. The van der Waals surface area contributed by atoms with Crippen LogP contribution in [0, 0.1) is 5.92 Å². The third-order valence-electron chi connectivity index (χ3n) is 5.73. The van der Waals surface area contributed by atoms with E-state index >= 15 is 0 Å². The summed E-state index contributed by atoms with van der Waals surface area (Å²) in [5, 5.41) is 7.49. The van der Waals surface area contributed by atoms with Gasteiger partial charge in [0.1, 0.15) is 0 Å². The molecule has 4 rings (SSSR count). The Bertz CT molecular complexity index is 1200. The molecule has 2 aromatic carbocycles. The Morgan fingerprint density at radius 2 is 1.79 bits per heavy atom. The first-order chi connectivity index (χ1) is 15.9. The van der Waals surface area contributed by atoms with Crippen LogP contribution in [-0.4, -0.2) is 41.9 Å². The molecule has 0 radical (unpaired) electrons.